The maximum absolute atomic E-state index is 13.0. The predicted molar refractivity (Wildman–Crippen MR) is 91.3 cm³/mol. The number of nitrogens with one attached hydrogen (secondary N) is 1. The number of carboxylic acid groups (broad SMARTS) is 1. The van der Waals surface area contributed by atoms with Crippen LogP contribution in [0.25, 0.3) is 0 Å². The minimum atomic E-state index is -4.67. The van der Waals surface area contributed by atoms with E-state index in [-0.39, 0.29) is 23.6 Å². The monoisotopic (exact) mass is 394 g/mol. The molecule has 0 saturated heterocycles. The fraction of sp³-hybridized carbons (Fsp3) is 0.167. The SMILES string of the molecule is O=C(CN1C(=O)COc2ccc(C(=O)O)cc21)Nc1ccccc1C(F)(F)F. The molecule has 0 radical (unpaired) electrons. The highest BCUT2D eigenvalue weighted by Gasteiger charge is 2.34. The Hall–Kier alpha value is -3.56. The first kappa shape index (κ1) is 19.2. The van der Waals surface area contributed by atoms with Gasteiger partial charge in [-0.05, 0) is 30.3 Å². The Kier molecular flexibility index (Phi) is 4.95. The Morgan fingerprint density at radius 1 is 1.18 bits per heavy atom. The molecular weight excluding hydrogens is 381 g/mol. The summed E-state index contributed by atoms with van der Waals surface area (Å²) < 4.78 is 44.3. The van der Waals surface area contributed by atoms with Gasteiger partial charge in [0, 0.05) is 0 Å². The fourth-order valence-electron chi connectivity index (χ4n) is 2.68. The summed E-state index contributed by atoms with van der Waals surface area (Å²) >= 11 is 0. The number of amides is 2. The van der Waals surface area contributed by atoms with Crippen LogP contribution < -0.4 is 15.0 Å². The Morgan fingerprint density at radius 2 is 1.89 bits per heavy atom. The largest absolute Gasteiger partial charge is 0.482 e. The van der Waals surface area contributed by atoms with Crippen LogP contribution in [0.4, 0.5) is 24.5 Å². The van der Waals surface area contributed by atoms with Crippen LogP contribution in [0.5, 0.6) is 5.75 Å². The number of para-hydroxylation sites is 1. The summed E-state index contributed by atoms with van der Waals surface area (Å²) in [6.07, 6.45) is -4.67. The van der Waals surface area contributed by atoms with Crippen LogP contribution in [0.1, 0.15) is 15.9 Å². The summed E-state index contributed by atoms with van der Waals surface area (Å²) in [6, 6.07) is 8.21. The Bertz CT molecular complexity index is 958. The maximum atomic E-state index is 13.0. The number of carboxylic acids is 1. The highest BCUT2D eigenvalue weighted by Crippen LogP contribution is 2.35. The fourth-order valence-corrected chi connectivity index (χ4v) is 2.68. The van der Waals surface area contributed by atoms with Crippen molar-refractivity contribution < 1.29 is 37.4 Å². The third kappa shape index (κ3) is 3.90. The lowest BCUT2D eigenvalue weighted by Crippen LogP contribution is -2.43. The molecule has 0 fully saturated rings. The number of alkyl halides is 3. The molecule has 0 unspecified atom stereocenters. The molecular formula is C18H13F3N2O5. The lowest BCUT2D eigenvalue weighted by Gasteiger charge is -2.29. The number of aromatic carboxylic acids is 1. The molecule has 1 aliphatic heterocycles. The zero-order chi connectivity index (χ0) is 20.5. The zero-order valence-corrected chi connectivity index (χ0v) is 14.1. The number of hydrogen-bond acceptors (Lipinski definition) is 4. The third-order valence-corrected chi connectivity index (χ3v) is 3.96. The van der Waals surface area contributed by atoms with Gasteiger partial charge in [-0.2, -0.15) is 13.2 Å². The highest BCUT2D eigenvalue weighted by molar-refractivity contribution is 6.06. The summed E-state index contributed by atoms with van der Waals surface area (Å²) in [6.45, 7) is -0.990. The summed E-state index contributed by atoms with van der Waals surface area (Å²) in [4.78, 5) is 36.6. The molecule has 2 N–H and O–H groups in total. The number of rotatable bonds is 4. The number of hydrogen-bond donors (Lipinski definition) is 2. The van der Waals surface area contributed by atoms with Gasteiger partial charge in [-0.3, -0.25) is 14.5 Å². The van der Waals surface area contributed by atoms with Gasteiger partial charge in [-0.1, -0.05) is 12.1 Å². The molecule has 7 nitrogen and oxygen atoms in total. The van der Waals surface area contributed by atoms with E-state index < -0.39 is 41.8 Å². The minimum Gasteiger partial charge on any atom is -0.482 e. The van der Waals surface area contributed by atoms with Gasteiger partial charge in [0.25, 0.3) is 5.91 Å². The van der Waals surface area contributed by atoms with Crippen molar-refractivity contribution in [3.63, 3.8) is 0 Å². The quantitative estimate of drug-likeness (QED) is 0.832. The Morgan fingerprint density at radius 3 is 2.57 bits per heavy atom. The molecule has 2 amide bonds. The van der Waals surface area contributed by atoms with E-state index in [1.54, 1.807) is 0 Å². The van der Waals surface area contributed by atoms with E-state index in [1.807, 2.05) is 0 Å². The van der Waals surface area contributed by atoms with Gasteiger partial charge in [0.05, 0.1) is 22.5 Å². The number of anilines is 2. The van der Waals surface area contributed by atoms with Crippen molar-refractivity contribution in [3.8, 4) is 5.75 Å². The molecule has 0 saturated carbocycles. The van der Waals surface area contributed by atoms with Crippen molar-refractivity contribution in [1.29, 1.82) is 0 Å². The highest BCUT2D eigenvalue weighted by atomic mass is 19.4. The molecule has 0 atom stereocenters. The predicted octanol–water partition coefficient (Wildman–Crippen LogP) is 2.77. The number of halogens is 3. The summed E-state index contributed by atoms with van der Waals surface area (Å²) in [7, 11) is 0. The van der Waals surface area contributed by atoms with Gasteiger partial charge >= 0.3 is 12.1 Å². The van der Waals surface area contributed by atoms with E-state index in [1.165, 1.54) is 24.3 Å². The van der Waals surface area contributed by atoms with Crippen LogP contribution in [-0.2, 0) is 15.8 Å². The van der Waals surface area contributed by atoms with E-state index in [2.05, 4.69) is 5.32 Å². The lowest BCUT2D eigenvalue weighted by atomic mass is 10.1. The van der Waals surface area contributed by atoms with Crippen molar-refractivity contribution in [2.75, 3.05) is 23.4 Å². The number of carbonyl (C=O) groups is 3. The second kappa shape index (κ2) is 7.22. The van der Waals surface area contributed by atoms with E-state index in [4.69, 9.17) is 9.84 Å². The normalized spacial score (nSPS) is 13.5. The second-order valence-corrected chi connectivity index (χ2v) is 5.85. The molecule has 0 bridgehead atoms. The van der Waals surface area contributed by atoms with Crippen LogP contribution in [0, 0.1) is 0 Å². The minimum absolute atomic E-state index is 0.0513. The number of benzene rings is 2. The molecule has 1 aliphatic rings. The van der Waals surface area contributed by atoms with Crippen molar-refractivity contribution in [2.24, 2.45) is 0 Å². The number of nitrogens with zero attached hydrogens (tertiary/aromatic N) is 1. The van der Waals surface area contributed by atoms with Gasteiger partial charge in [0.1, 0.15) is 12.3 Å². The van der Waals surface area contributed by atoms with E-state index in [0.717, 1.165) is 23.1 Å². The number of ether oxygens (including phenoxy) is 1. The molecule has 0 aliphatic carbocycles. The topological polar surface area (TPSA) is 95.9 Å². The van der Waals surface area contributed by atoms with Gasteiger partial charge < -0.3 is 15.2 Å². The molecule has 146 valence electrons. The van der Waals surface area contributed by atoms with E-state index in [0.29, 0.717) is 0 Å². The first-order valence-corrected chi connectivity index (χ1v) is 7.93. The molecule has 1 heterocycles. The summed E-state index contributed by atoms with van der Waals surface area (Å²) in [5.41, 5.74) is -1.55. The molecule has 10 heteroatoms. The molecule has 3 rings (SSSR count). The van der Waals surface area contributed by atoms with Crippen molar-refractivity contribution in [1.82, 2.24) is 0 Å². The summed E-state index contributed by atoms with van der Waals surface area (Å²) in [5, 5.41) is 11.2. The van der Waals surface area contributed by atoms with Gasteiger partial charge in [-0.25, -0.2) is 4.79 Å². The van der Waals surface area contributed by atoms with Crippen LogP contribution in [0.15, 0.2) is 42.5 Å². The van der Waals surface area contributed by atoms with Crippen LogP contribution in [0.2, 0.25) is 0 Å². The number of carbonyl (C=O) groups excluding carboxylic acids is 2. The van der Waals surface area contributed by atoms with Gasteiger partial charge in [0.15, 0.2) is 6.61 Å². The number of fused-ring (bicyclic) bond motifs is 1. The van der Waals surface area contributed by atoms with Gasteiger partial charge in [-0.15, -0.1) is 0 Å². The van der Waals surface area contributed by atoms with Gasteiger partial charge in [0.2, 0.25) is 5.91 Å². The maximum Gasteiger partial charge on any atom is 0.418 e. The smallest absolute Gasteiger partial charge is 0.418 e. The summed E-state index contributed by atoms with van der Waals surface area (Å²) in [5.74, 6) is -2.56. The van der Waals surface area contributed by atoms with Crippen molar-refractivity contribution >= 4 is 29.2 Å². The third-order valence-electron chi connectivity index (χ3n) is 3.96. The van der Waals surface area contributed by atoms with Crippen LogP contribution >= 0.6 is 0 Å². The molecule has 28 heavy (non-hydrogen) atoms. The van der Waals surface area contributed by atoms with E-state index >= 15 is 0 Å². The Labute approximate surface area is 156 Å². The molecule has 2 aromatic carbocycles. The second-order valence-electron chi connectivity index (χ2n) is 5.85. The average Bonchev–Trinajstić information content (AvgIpc) is 2.63. The Balaban J connectivity index is 1.85. The van der Waals surface area contributed by atoms with E-state index in [9.17, 15) is 27.6 Å². The van der Waals surface area contributed by atoms with Crippen LogP contribution in [-0.4, -0.2) is 36.0 Å². The van der Waals surface area contributed by atoms with Crippen molar-refractivity contribution in [3.05, 3.63) is 53.6 Å². The first-order chi connectivity index (χ1) is 13.2. The van der Waals surface area contributed by atoms with Crippen molar-refractivity contribution in [2.45, 2.75) is 6.18 Å². The van der Waals surface area contributed by atoms with Crippen LogP contribution in [0.3, 0.4) is 0 Å². The zero-order valence-electron chi connectivity index (χ0n) is 14.1. The standard InChI is InChI=1S/C18H13F3N2O5/c19-18(20,21)11-3-1-2-4-12(11)22-15(24)8-23-13-7-10(17(26)27)5-6-14(13)28-9-16(23)25/h1-7H,8-9H2,(H,22,24)(H,26,27). The average molecular weight is 394 g/mol. The lowest BCUT2D eigenvalue weighted by molar-refractivity contribution is -0.137. The molecule has 0 aromatic heterocycles. The molecule has 2 aromatic rings. The molecule has 0 spiro atoms. The first-order valence-electron chi connectivity index (χ1n) is 7.93.